The molecule has 6 heteroatoms. The van der Waals surface area contributed by atoms with Gasteiger partial charge in [-0.3, -0.25) is 4.79 Å². The second-order valence-corrected chi connectivity index (χ2v) is 5.07. The van der Waals surface area contributed by atoms with Gasteiger partial charge in [0.15, 0.2) is 6.10 Å². The quantitative estimate of drug-likeness (QED) is 0.667. The second-order valence-electron chi connectivity index (χ2n) is 5.07. The minimum Gasteiger partial charge on any atom is -0.479 e. The molecule has 1 amide bonds. The first-order valence-electron chi connectivity index (χ1n) is 6.68. The molecule has 112 valence electrons. The molecule has 0 saturated carbocycles. The molecule has 1 aromatic heterocycles. The molecule has 4 N–H and O–H groups in total. The van der Waals surface area contributed by atoms with Crippen molar-refractivity contribution in [1.29, 1.82) is 0 Å². The van der Waals surface area contributed by atoms with Gasteiger partial charge in [-0.05, 0) is 31.5 Å². The van der Waals surface area contributed by atoms with E-state index < -0.39 is 12.1 Å². The molecule has 0 unspecified atom stereocenters. The maximum Gasteiger partial charge on any atom is 0.332 e. The van der Waals surface area contributed by atoms with Crippen LogP contribution in [0.25, 0.3) is 10.9 Å². The van der Waals surface area contributed by atoms with Gasteiger partial charge in [0.1, 0.15) is 5.69 Å². The number of amides is 1. The molecule has 0 bridgehead atoms. The van der Waals surface area contributed by atoms with Crippen molar-refractivity contribution in [1.82, 2.24) is 10.3 Å². The van der Waals surface area contributed by atoms with Gasteiger partial charge < -0.3 is 20.5 Å². The average molecular weight is 290 g/mol. The van der Waals surface area contributed by atoms with Crippen LogP contribution < -0.4 is 5.32 Å². The van der Waals surface area contributed by atoms with Crippen molar-refractivity contribution in [2.45, 2.75) is 26.4 Å². The molecule has 0 aliphatic carbocycles. The van der Waals surface area contributed by atoms with E-state index in [2.05, 4.69) is 10.3 Å². The molecule has 21 heavy (non-hydrogen) atoms. The van der Waals surface area contributed by atoms with E-state index in [9.17, 15) is 9.59 Å². The monoisotopic (exact) mass is 290 g/mol. The molecule has 1 heterocycles. The van der Waals surface area contributed by atoms with Gasteiger partial charge in [-0.15, -0.1) is 0 Å². The summed E-state index contributed by atoms with van der Waals surface area (Å²) in [5.74, 6) is -1.60. The highest BCUT2D eigenvalue weighted by atomic mass is 16.4. The van der Waals surface area contributed by atoms with Crippen LogP contribution in [0.15, 0.2) is 18.2 Å². The Kier molecular flexibility index (Phi) is 4.28. The third-order valence-corrected chi connectivity index (χ3v) is 3.43. The van der Waals surface area contributed by atoms with Gasteiger partial charge >= 0.3 is 5.97 Å². The van der Waals surface area contributed by atoms with Gasteiger partial charge in [0.2, 0.25) is 0 Å². The highest BCUT2D eigenvalue weighted by molar-refractivity contribution is 6.01. The number of H-pyrrole nitrogens is 1. The Morgan fingerprint density at radius 3 is 2.71 bits per heavy atom. The Morgan fingerprint density at radius 1 is 1.33 bits per heavy atom. The minimum atomic E-state index is -1.46. The van der Waals surface area contributed by atoms with Crippen molar-refractivity contribution in [3.8, 4) is 0 Å². The fourth-order valence-corrected chi connectivity index (χ4v) is 2.20. The average Bonchev–Trinajstić information content (AvgIpc) is 2.75. The molecule has 0 radical (unpaired) electrons. The molecule has 0 aliphatic rings. The first-order valence-corrected chi connectivity index (χ1v) is 6.68. The molecule has 6 nitrogen and oxygen atoms in total. The highest BCUT2D eigenvalue weighted by Crippen LogP contribution is 2.22. The molecule has 1 atom stereocenters. The molecule has 2 aromatic rings. The number of carboxylic acid groups (broad SMARTS) is 1. The van der Waals surface area contributed by atoms with Crippen molar-refractivity contribution < 1.29 is 19.8 Å². The van der Waals surface area contributed by atoms with Crippen molar-refractivity contribution >= 4 is 22.8 Å². The minimum absolute atomic E-state index is 0.0283. The summed E-state index contributed by atoms with van der Waals surface area (Å²) in [6.07, 6.45) is -1.49. The second kappa shape index (κ2) is 5.97. The van der Waals surface area contributed by atoms with E-state index >= 15 is 0 Å². The molecular formula is C15H18N2O4. The van der Waals surface area contributed by atoms with Crippen molar-refractivity contribution in [2.75, 3.05) is 6.54 Å². The number of hydrogen-bond acceptors (Lipinski definition) is 3. The zero-order valence-electron chi connectivity index (χ0n) is 11.9. The number of aryl methyl sites for hydroxylation is 2. The lowest BCUT2D eigenvalue weighted by Crippen LogP contribution is -2.30. The van der Waals surface area contributed by atoms with Crippen LogP contribution >= 0.6 is 0 Å². The Labute approximate surface area is 121 Å². The van der Waals surface area contributed by atoms with Crippen molar-refractivity contribution in [3.63, 3.8) is 0 Å². The van der Waals surface area contributed by atoms with Crippen LogP contribution in [0.1, 0.15) is 28.0 Å². The van der Waals surface area contributed by atoms with Crippen LogP contribution in [0.2, 0.25) is 0 Å². The standard InChI is InChI=1S/C15H18N2O4/c1-8-3-4-11-10(7-8)9(2)13(17-11)14(19)16-6-5-12(18)15(20)21/h3-4,7,12,17-18H,5-6H2,1-2H3,(H,16,19)(H,20,21)/t12-/m0/s1. The van der Waals surface area contributed by atoms with Crippen LogP contribution in [0.4, 0.5) is 0 Å². The van der Waals surface area contributed by atoms with E-state index in [4.69, 9.17) is 10.2 Å². The Bertz CT molecular complexity index is 690. The molecule has 0 spiro atoms. The first kappa shape index (κ1) is 15.1. The normalized spacial score (nSPS) is 12.3. The summed E-state index contributed by atoms with van der Waals surface area (Å²) in [6.45, 7) is 3.94. The van der Waals surface area contributed by atoms with E-state index in [1.165, 1.54) is 0 Å². The fourth-order valence-electron chi connectivity index (χ4n) is 2.20. The summed E-state index contributed by atoms with van der Waals surface area (Å²) in [6, 6.07) is 5.89. The van der Waals surface area contributed by atoms with E-state index in [1.54, 1.807) is 0 Å². The SMILES string of the molecule is Cc1ccc2[nH]c(C(=O)NCC[C@H](O)C(=O)O)c(C)c2c1. The van der Waals surface area contributed by atoms with Crippen LogP contribution in [0, 0.1) is 13.8 Å². The van der Waals surface area contributed by atoms with Gasteiger partial charge in [0.25, 0.3) is 5.91 Å². The molecular weight excluding hydrogens is 272 g/mol. The number of carbonyl (C=O) groups is 2. The van der Waals surface area contributed by atoms with Crippen LogP contribution in [-0.2, 0) is 4.79 Å². The number of rotatable bonds is 5. The van der Waals surface area contributed by atoms with Gasteiger partial charge in [0.05, 0.1) is 0 Å². The number of hydrogen-bond donors (Lipinski definition) is 4. The van der Waals surface area contributed by atoms with Crippen molar-refractivity contribution in [2.24, 2.45) is 0 Å². The largest absolute Gasteiger partial charge is 0.479 e. The third-order valence-electron chi connectivity index (χ3n) is 3.43. The fraction of sp³-hybridized carbons (Fsp3) is 0.333. The number of aromatic nitrogens is 1. The van der Waals surface area contributed by atoms with E-state index in [1.807, 2.05) is 32.0 Å². The maximum absolute atomic E-state index is 12.1. The number of carbonyl (C=O) groups excluding carboxylic acids is 1. The lowest BCUT2D eigenvalue weighted by Gasteiger charge is -2.07. The van der Waals surface area contributed by atoms with Crippen molar-refractivity contribution in [3.05, 3.63) is 35.0 Å². The predicted molar refractivity (Wildman–Crippen MR) is 78.4 cm³/mol. The Balaban J connectivity index is 2.09. The summed E-state index contributed by atoms with van der Waals surface area (Å²) in [4.78, 5) is 25.6. The van der Waals surface area contributed by atoms with Gasteiger partial charge in [0, 0.05) is 23.9 Å². The lowest BCUT2D eigenvalue weighted by molar-refractivity contribution is -0.146. The summed E-state index contributed by atoms with van der Waals surface area (Å²) in [5, 5.41) is 21.3. The summed E-state index contributed by atoms with van der Waals surface area (Å²) in [7, 11) is 0. The van der Waals surface area contributed by atoms with Gasteiger partial charge in [-0.2, -0.15) is 0 Å². The number of nitrogens with one attached hydrogen (secondary N) is 2. The van der Waals surface area contributed by atoms with Crippen LogP contribution in [-0.4, -0.2) is 39.7 Å². The molecule has 0 fully saturated rings. The number of benzene rings is 1. The third kappa shape index (κ3) is 3.22. The summed E-state index contributed by atoms with van der Waals surface area (Å²) in [5.41, 5.74) is 3.31. The van der Waals surface area contributed by atoms with Gasteiger partial charge in [-0.1, -0.05) is 11.6 Å². The molecule has 0 saturated heterocycles. The first-order chi connectivity index (χ1) is 9.90. The van der Waals surface area contributed by atoms with E-state index in [-0.39, 0.29) is 18.9 Å². The molecule has 0 aliphatic heterocycles. The van der Waals surface area contributed by atoms with Crippen LogP contribution in [0.3, 0.4) is 0 Å². The van der Waals surface area contributed by atoms with E-state index in [0.717, 1.165) is 22.0 Å². The Morgan fingerprint density at radius 2 is 2.05 bits per heavy atom. The van der Waals surface area contributed by atoms with Crippen LogP contribution in [0.5, 0.6) is 0 Å². The number of aliphatic hydroxyl groups excluding tert-OH is 1. The van der Waals surface area contributed by atoms with E-state index in [0.29, 0.717) is 5.69 Å². The topological polar surface area (TPSA) is 102 Å². The highest BCUT2D eigenvalue weighted by Gasteiger charge is 2.16. The summed E-state index contributed by atoms with van der Waals surface area (Å²) < 4.78 is 0. The zero-order chi connectivity index (χ0) is 15.6. The number of aliphatic carboxylic acids is 1. The number of fused-ring (bicyclic) bond motifs is 1. The lowest BCUT2D eigenvalue weighted by atomic mass is 10.1. The smallest absolute Gasteiger partial charge is 0.332 e. The number of carboxylic acids is 1. The Hall–Kier alpha value is -2.34. The molecule has 1 aromatic carbocycles. The number of aromatic amines is 1. The predicted octanol–water partition coefficient (Wildman–Crippen LogP) is 1.35. The number of aliphatic hydroxyl groups is 1. The molecule has 2 rings (SSSR count). The summed E-state index contributed by atoms with van der Waals surface area (Å²) >= 11 is 0. The van der Waals surface area contributed by atoms with Gasteiger partial charge in [-0.25, -0.2) is 4.79 Å². The maximum atomic E-state index is 12.1. The zero-order valence-corrected chi connectivity index (χ0v) is 11.9.